The van der Waals surface area contributed by atoms with Crippen molar-refractivity contribution in [1.29, 1.82) is 0 Å². The highest BCUT2D eigenvalue weighted by Crippen LogP contribution is 2.21. The molecule has 2 atom stereocenters. The van der Waals surface area contributed by atoms with Gasteiger partial charge in [0, 0.05) is 16.6 Å². The minimum Gasteiger partial charge on any atom is -0.284 e. The van der Waals surface area contributed by atoms with Gasteiger partial charge in [-0.05, 0) is 44.9 Å². The summed E-state index contributed by atoms with van der Waals surface area (Å²) in [6, 6.07) is 5.03. The Morgan fingerprint density at radius 3 is 2.58 bits per heavy atom. The summed E-state index contributed by atoms with van der Waals surface area (Å²) in [6.45, 7) is 4.15. The molecule has 2 unspecified atom stereocenters. The highest BCUT2D eigenvalue weighted by Gasteiger charge is 2.27. The number of carbonyl (C=O) groups excluding carboxylic acids is 1. The van der Waals surface area contributed by atoms with Crippen molar-refractivity contribution in [2.24, 2.45) is 0 Å². The van der Waals surface area contributed by atoms with Gasteiger partial charge in [0.15, 0.2) is 0 Å². The first-order valence-electron chi connectivity index (χ1n) is 6.53. The van der Waals surface area contributed by atoms with Gasteiger partial charge in [-0.3, -0.25) is 10.2 Å². The lowest BCUT2D eigenvalue weighted by atomic mass is 10.00. The number of benzene rings is 1. The number of nitrogens with zero attached hydrogens (tertiary/aromatic N) is 1. The van der Waals surface area contributed by atoms with Gasteiger partial charge < -0.3 is 0 Å². The van der Waals surface area contributed by atoms with Gasteiger partial charge in [0.1, 0.15) is 5.82 Å². The molecule has 19 heavy (non-hydrogen) atoms. The van der Waals surface area contributed by atoms with E-state index in [1.165, 1.54) is 18.6 Å². The average Bonchev–Trinajstić information content (AvgIpc) is 2.33. The first-order chi connectivity index (χ1) is 8.99. The van der Waals surface area contributed by atoms with E-state index >= 15 is 0 Å². The van der Waals surface area contributed by atoms with Gasteiger partial charge in [0.2, 0.25) is 0 Å². The number of hydrogen-bond donors (Lipinski definition) is 1. The van der Waals surface area contributed by atoms with E-state index in [4.69, 9.17) is 0 Å². The van der Waals surface area contributed by atoms with Gasteiger partial charge in [-0.15, -0.1) is 0 Å². The molecule has 104 valence electrons. The van der Waals surface area contributed by atoms with Gasteiger partial charge in [-0.25, -0.2) is 9.40 Å². The fraction of sp³-hybridized carbons (Fsp3) is 0.500. The summed E-state index contributed by atoms with van der Waals surface area (Å²) in [6.07, 6.45) is 3.27. The molecule has 2 rings (SSSR count). The van der Waals surface area contributed by atoms with Crippen molar-refractivity contribution in [3.63, 3.8) is 0 Å². The quantitative estimate of drug-likeness (QED) is 0.901. The van der Waals surface area contributed by atoms with E-state index in [0.717, 1.165) is 12.8 Å². The van der Waals surface area contributed by atoms with Crippen molar-refractivity contribution in [3.8, 4) is 0 Å². The molecule has 3 nitrogen and oxygen atoms in total. The number of carbonyl (C=O) groups is 1. The van der Waals surface area contributed by atoms with Crippen LogP contribution in [0.5, 0.6) is 0 Å². The first kappa shape index (κ1) is 14.5. The molecule has 1 aliphatic rings. The minimum atomic E-state index is -0.510. The second-order valence-corrected chi connectivity index (χ2v) is 6.02. The molecule has 1 N–H and O–H groups in total. The maximum absolute atomic E-state index is 13.7. The molecule has 1 fully saturated rings. The van der Waals surface area contributed by atoms with Crippen LogP contribution in [-0.4, -0.2) is 23.0 Å². The highest BCUT2D eigenvalue weighted by atomic mass is 79.9. The van der Waals surface area contributed by atoms with E-state index in [2.05, 4.69) is 35.2 Å². The van der Waals surface area contributed by atoms with E-state index in [1.54, 1.807) is 6.07 Å². The predicted molar refractivity (Wildman–Crippen MR) is 76.2 cm³/mol. The highest BCUT2D eigenvalue weighted by molar-refractivity contribution is 9.10. The number of halogens is 2. The third-order valence-corrected chi connectivity index (χ3v) is 4.09. The molecule has 1 amide bonds. The molecule has 5 heteroatoms. The van der Waals surface area contributed by atoms with Crippen LogP contribution in [0.25, 0.3) is 0 Å². The Kier molecular flexibility index (Phi) is 4.58. The zero-order valence-corrected chi connectivity index (χ0v) is 12.7. The van der Waals surface area contributed by atoms with Gasteiger partial charge in [0.25, 0.3) is 5.91 Å². The van der Waals surface area contributed by atoms with Gasteiger partial charge in [0.05, 0.1) is 5.56 Å². The number of hydrazine groups is 1. The van der Waals surface area contributed by atoms with Crippen molar-refractivity contribution in [2.45, 2.75) is 45.2 Å². The van der Waals surface area contributed by atoms with Gasteiger partial charge in [-0.2, -0.15) is 0 Å². The van der Waals surface area contributed by atoms with E-state index in [-0.39, 0.29) is 23.6 Å². The molecule has 0 aliphatic carbocycles. The number of piperidine rings is 1. The van der Waals surface area contributed by atoms with Crippen LogP contribution in [0.15, 0.2) is 22.7 Å². The maximum Gasteiger partial charge on any atom is 0.268 e. The van der Waals surface area contributed by atoms with E-state index in [0.29, 0.717) is 4.47 Å². The second-order valence-electron chi connectivity index (χ2n) is 5.10. The van der Waals surface area contributed by atoms with Crippen molar-refractivity contribution in [3.05, 3.63) is 34.1 Å². The lowest BCUT2D eigenvalue weighted by Crippen LogP contribution is -2.54. The predicted octanol–water partition coefficient (Wildman–Crippen LogP) is 3.50. The lowest BCUT2D eigenvalue weighted by Gasteiger charge is -2.38. The van der Waals surface area contributed by atoms with E-state index < -0.39 is 5.82 Å². The summed E-state index contributed by atoms with van der Waals surface area (Å²) >= 11 is 3.18. The average molecular weight is 329 g/mol. The summed E-state index contributed by atoms with van der Waals surface area (Å²) in [4.78, 5) is 12.1. The van der Waals surface area contributed by atoms with Crippen LogP contribution in [0, 0.1) is 5.82 Å². The number of rotatable bonds is 2. The van der Waals surface area contributed by atoms with Crippen molar-refractivity contribution in [1.82, 2.24) is 10.4 Å². The molecule has 1 saturated heterocycles. The standard InChI is InChI=1S/C14H18BrFN2O/c1-9-4-3-5-10(2)18(9)17-14(19)12-7-6-11(15)8-13(12)16/h6-10H,3-5H2,1-2H3,(H,17,19). The number of hydrogen-bond acceptors (Lipinski definition) is 2. The van der Waals surface area contributed by atoms with E-state index in [9.17, 15) is 9.18 Å². The normalized spacial score (nSPS) is 24.2. The van der Waals surface area contributed by atoms with E-state index in [1.807, 2.05) is 5.01 Å². The molecule has 0 aromatic heterocycles. The summed E-state index contributed by atoms with van der Waals surface area (Å²) in [5, 5.41) is 1.94. The van der Waals surface area contributed by atoms with Crippen molar-refractivity contribution >= 4 is 21.8 Å². The fourth-order valence-electron chi connectivity index (χ4n) is 2.49. The summed E-state index contributed by atoms with van der Waals surface area (Å²) in [5.74, 6) is -0.894. The van der Waals surface area contributed by atoms with Crippen molar-refractivity contribution < 1.29 is 9.18 Å². The maximum atomic E-state index is 13.7. The van der Waals surface area contributed by atoms with Crippen LogP contribution >= 0.6 is 15.9 Å². The Balaban J connectivity index is 2.11. The molecule has 0 radical (unpaired) electrons. The molecule has 1 aromatic rings. The fourth-order valence-corrected chi connectivity index (χ4v) is 2.83. The summed E-state index contributed by atoms with van der Waals surface area (Å²) < 4.78 is 14.4. The smallest absolute Gasteiger partial charge is 0.268 e. The Morgan fingerprint density at radius 2 is 2.00 bits per heavy atom. The summed E-state index contributed by atoms with van der Waals surface area (Å²) in [5.41, 5.74) is 2.91. The minimum absolute atomic E-state index is 0.0770. The lowest BCUT2D eigenvalue weighted by molar-refractivity contribution is 0.0367. The zero-order chi connectivity index (χ0) is 14.0. The third kappa shape index (κ3) is 3.34. The van der Waals surface area contributed by atoms with Crippen LogP contribution in [-0.2, 0) is 0 Å². The van der Waals surface area contributed by atoms with Gasteiger partial charge in [-0.1, -0.05) is 22.4 Å². The largest absolute Gasteiger partial charge is 0.284 e. The SMILES string of the molecule is CC1CCCC(C)N1NC(=O)c1ccc(Br)cc1F. The molecule has 1 aliphatic heterocycles. The molecular weight excluding hydrogens is 311 g/mol. The van der Waals surface area contributed by atoms with Crippen LogP contribution < -0.4 is 5.43 Å². The molecule has 0 spiro atoms. The van der Waals surface area contributed by atoms with Crippen LogP contribution in [0.1, 0.15) is 43.5 Å². The molecule has 0 bridgehead atoms. The zero-order valence-electron chi connectivity index (χ0n) is 11.1. The summed E-state index contributed by atoms with van der Waals surface area (Å²) in [7, 11) is 0. The Bertz CT molecular complexity index is 471. The molecular formula is C14H18BrFN2O. The number of nitrogens with one attached hydrogen (secondary N) is 1. The number of amides is 1. The van der Waals surface area contributed by atoms with Crippen LogP contribution in [0.4, 0.5) is 4.39 Å². The Labute approximate surface area is 121 Å². The first-order valence-corrected chi connectivity index (χ1v) is 7.32. The molecule has 0 saturated carbocycles. The van der Waals surface area contributed by atoms with Crippen LogP contribution in [0.3, 0.4) is 0 Å². The second kappa shape index (κ2) is 6.01. The van der Waals surface area contributed by atoms with Gasteiger partial charge >= 0.3 is 0 Å². The van der Waals surface area contributed by atoms with Crippen molar-refractivity contribution in [2.75, 3.05) is 0 Å². The van der Waals surface area contributed by atoms with Crippen LogP contribution in [0.2, 0.25) is 0 Å². The Morgan fingerprint density at radius 1 is 1.37 bits per heavy atom. The Hall–Kier alpha value is -0.940. The monoisotopic (exact) mass is 328 g/mol. The molecule has 1 aromatic carbocycles. The topological polar surface area (TPSA) is 32.3 Å². The molecule has 1 heterocycles. The third-order valence-electron chi connectivity index (χ3n) is 3.60.